The van der Waals surface area contributed by atoms with E-state index >= 15 is 0 Å². The van der Waals surface area contributed by atoms with Crippen molar-refractivity contribution in [3.63, 3.8) is 0 Å². The van der Waals surface area contributed by atoms with Gasteiger partial charge in [-0.3, -0.25) is 0 Å². The summed E-state index contributed by atoms with van der Waals surface area (Å²) in [6.07, 6.45) is -4.44. The van der Waals surface area contributed by atoms with Crippen molar-refractivity contribution >= 4 is 5.97 Å². The van der Waals surface area contributed by atoms with Gasteiger partial charge in [0.1, 0.15) is 5.69 Å². The number of esters is 1. The number of methoxy groups -OCH3 is 1. The molecule has 1 aromatic heterocycles. The van der Waals surface area contributed by atoms with E-state index in [1.54, 1.807) is 0 Å². The first-order valence-electron chi connectivity index (χ1n) is 4.75. The van der Waals surface area contributed by atoms with Crippen molar-refractivity contribution in [2.75, 3.05) is 13.7 Å². The van der Waals surface area contributed by atoms with Gasteiger partial charge < -0.3 is 10.5 Å². The van der Waals surface area contributed by atoms with Crippen molar-refractivity contribution < 1.29 is 22.7 Å². The highest BCUT2D eigenvalue weighted by molar-refractivity contribution is 5.89. The normalized spacial score (nSPS) is 11.4. The SMILES string of the molecule is COC(=O)c1cc(CCN)nc(C(F)(F)F)c1. The maximum atomic E-state index is 12.5. The largest absolute Gasteiger partial charge is 0.465 e. The minimum atomic E-state index is -4.60. The summed E-state index contributed by atoms with van der Waals surface area (Å²) in [5, 5.41) is 0. The Balaban J connectivity index is 3.23. The van der Waals surface area contributed by atoms with Crippen LogP contribution in [0, 0.1) is 0 Å². The molecule has 4 nitrogen and oxygen atoms in total. The Bertz CT molecular complexity index is 419. The molecule has 0 atom stereocenters. The van der Waals surface area contributed by atoms with Crippen LogP contribution in [0.3, 0.4) is 0 Å². The second kappa shape index (κ2) is 5.13. The van der Waals surface area contributed by atoms with E-state index in [1.165, 1.54) is 6.07 Å². The van der Waals surface area contributed by atoms with Gasteiger partial charge in [0.15, 0.2) is 0 Å². The van der Waals surface area contributed by atoms with Crippen molar-refractivity contribution in [2.45, 2.75) is 12.6 Å². The fourth-order valence-electron chi connectivity index (χ4n) is 1.24. The summed E-state index contributed by atoms with van der Waals surface area (Å²) in [6, 6.07) is 1.90. The summed E-state index contributed by atoms with van der Waals surface area (Å²) in [5.74, 6) is -0.837. The summed E-state index contributed by atoms with van der Waals surface area (Å²) < 4.78 is 41.9. The van der Waals surface area contributed by atoms with Crippen LogP contribution in [-0.2, 0) is 17.3 Å². The van der Waals surface area contributed by atoms with Gasteiger partial charge in [-0.25, -0.2) is 9.78 Å². The van der Waals surface area contributed by atoms with Gasteiger partial charge in [0.05, 0.1) is 12.7 Å². The molecular formula is C10H11F3N2O2. The number of halogens is 3. The second-order valence-electron chi connectivity index (χ2n) is 3.26. The highest BCUT2D eigenvalue weighted by atomic mass is 19.4. The zero-order valence-electron chi connectivity index (χ0n) is 9.04. The number of nitrogens with zero attached hydrogens (tertiary/aromatic N) is 1. The number of rotatable bonds is 3. The third-order valence-corrected chi connectivity index (χ3v) is 1.99. The molecule has 7 heteroatoms. The highest BCUT2D eigenvalue weighted by Gasteiger charge is 2.33. The Hall–Kier alpha value is -1.63. The maximum absolute atomic E-state index is 12.5. The summed E-state index contributed by atoms with van der Waals surface area (Å²) in [5.41, 5.74) is 4.05. The van der Waals surface area contributed by atoms with Crippen LogP contribution >= 0.6 is 0 Å². The lowest BCUT2D eigenvalue weighted by Crippen LogP contribution is -2.14. The molecule has 0 amide bonds. The van der Waals surface area contributed by atoms with E-state index in [0.717, 1.165) is 7.11 Å². The number of nitrogens with two attached hydrogens (primary N) is 1. The molecule has 0 aliphatic rings. The number of aromatic nitrogens is 1. The molecule has 0 spiro atoms. The molecule has 0 bridgehead atoms. The molecule has 0 aliphatic heterocycles. The molecule has 0 unspecified atom stereocenters. The number of carbonyl (C=O) groups is 1. The van der Waals surface area contributed by atoms with Gasteiger partial charge in [0.25, 0.3) is 0 Å². The number of carbonyl (C=O) groups excluding carboxylic acids is 1. The van der Waals surface area contributed by atoms with Gasteiger partial charge in [0, 0.05) is 12.1 Å². The maximum Gasteiger partial charge on any atom is 0.433 e. The molecule has 94 valence electrons. The molecule has 0 aromatic carbocycles. The Morgan fingerprint density at radius 1 is 1.47 bits per heavy atom. The quantitative estimate of drug-likeness (QED) is 0.821. The Morgan fingerprint density at radius 3 is 2.59 bits per heavy atom. The van der Waals surface area contributed by atoms with Gasteiger partial charge in [-0.05, 0) is 18.7 Å². The third kappa shape index (κ3) is 3.42. The van der Waals surface area contributed by atoms with Crippen LogP contribution in [0.1, 0.15) is 21.7 Å². The van der Waals surface area contributed by atoms with E-state index in [-0.39, 0.29) is 24.2 Å². The zero-order chi connectivity index (χ0) is 13.1. The summed E-state index contributed by atoms with van der Waals surface area (Å²) in [4.78, 5) is 14.6. The van der Waals surface area contributed by atoms with E-state index in [1.807, 2.05) is 0 Å². The molecule has 0 fully saturated rings. The summed E-state index contributed by atoms with van der Waals surface area (Å²) in [6.45, 7) is 0.148. The van der Waals surface area contributed by atoms with Crippen LogP contribution in [0.2, 0.25) is 0 Å². The summed E-state index contributed by atoms with van der Waals surface area (Å²) in [7, 11) is 1.10. The Kier molecular flexibility index (Phi) is 4.06. The molecule has 1 heterocycles. The van der Waals surface area contributed by atoms with Crippen molar-refractivity contribution in [3.8, 4) is 0 Å². The van der Waals surface area contributed by atoms with E-state index in [2.05, 4.69) is 9.72 Å². The number of alkyl halides is 3. The molecular weight excluding hydrogens is 237 g/mol. The van der Waals surface area contributed by atoms with Crippen LogP contribution in [0.25, 0.3) is 0 Å². The molecule has 0 saturated carbocycles. The van der Waals surface area contributed by atoms with Crippen LogP contribution < -0.4 is 5.73 Å². The van der Waals surface area contributed by atoms with Gasteiger partial charge in [-0.1, -0.05) is 0 Å². The average molecular weight is 248 g/mol. The molecule has 0 aliphatic carbocycles. The first kappa shape index (κ1) is 13.4. The number of hydrogen-bond donors (Lipinski definition) is 1. The standard InChI is InChI=1S/C10H11F3N2O2/c1-17-9(16)6-4-7(2-3-14)15-8(5-6)10(11,12)13/h4-5H,2-3,14H2,1H3. The van der Waals surface area contributed by atoms with Crippen molar-refractivity contribution in [3.05, 3.63) is 29.1 Å². The smallest absolute Gasteiger partial charge is 0.433 e. The lowest BCUT2D eigenvalue weighted by molar-refractivity contribution is -0.141. The Morgan fingerprint density at radius 2 is 2.12 bits per heavy atom. The first-order chi connectivity index (χ1) is 7.88. The molecule has 1 rings (SSSR count). The van der Waals surface area contributed by atoms with Crippen molar-refractivity contribution in [1.29, 1.82) is 0 Å². The highest BCUT2D eigenvalue weighted by Crippen LogP contribution is 2.28. The fraction of sp³-hybridized carbons (Fsp3) is 0.400. The topological polar surface area (TPSA) is 65.2 Å². The molecule has 17 heavy (non-hydrogen) atoms. The minimum Gasteiger partial charge on any atom is -0.465 e. The van der Waals surface area contributed by atoms with Gasteiger partial charge in [-0.15, -0.1) is 0 Å². The lowest BCUT2D eigenvalue weighted by Gasteiger charge is -2.09. The van der Waals surface area contributed by atoms with Gasteiger partial charge in [0.2, 0.25) is 0 Å². The molecule has 0 radical (unpaired) electrons. The predicted octanol–water partition coefficient (Wildman–Crippen LogP) is 1.39. The number of pyridine rings is 1. The number of ether oxygens (including phenoxy) is 1. The third-order valence-electron chi connectivity index (χ3n) is 1.99. The van der Waals surface area contributed by atoms with Gasteiger partial charge in [-0.2, -0.15) is 13.2 Å². The van der Waals surface area contributed by atoms with E-state index in [0.29, 0.717) is 6.07 Å². The minimum absolute atomic E-state index is 0.114. The van der Waals surface area contributed by atoms with E-state index in [9.17, 15) is 18.0 Å². The molecule has 2 N–H and O–H groups in total. The second-order valence-corrected chi connectivity index (χ2v) is 3.26. The molecule has 0 saturated heterocycles. The van der Waals surface area contributed by atoms with Crippen LogP contribution in [0.5, 0.6) is 0 Å². The number of hydrogen-bond acceptors (Lipinski definition) is 4. The zero-order valence-corrected chi connectivity index (χ0v) is 9.04. The van der Waals surface area contributed by atoms with Crippen molar-refractivity contribution in [2.24, 2.45) is 5.73 Å². The van der Waals surface area contributed by atoms with E-state index < -0.39 is 17.8 Å². The first-order valence-corrected chi connectivity index (χ1v) is 4.75. The molecule has 1 aromatic rings. The van der Waals surface area contributed by atoms with Gasteiger partial charge >= 0.3 is 12.1 Å². The lowest BCUT2D eigenvalue weighted by atomic mass is 10.1. The predicted molar refractivity (Wildman–Crippen MR) is 53.3 cm³/mol. The monoisotopic (exact) mass is 248 g/mol. The van der Waals surface area contributed by atoms with Crippen molar-refractivity contribution in [1.82, 2.24) is 4.98 Å². The van der Waals surface area contributed by atoms with E-state index in [4.69, 9.17) is 5.73 Å². The Labute approximate surface area is 95.6 Å². The summed E-state index contributed by atoms with van der Waals surface area (Å²) >= 11 is 0. The van der Waals surface area contributed by atoms with Crippen LogP contribution in [0.4, 0.5) is 13.2 Å². The fourth-order valence-corrected chi connectivity index (χ4v) is 1.24. The van der Waals surface area contributed by atoms with Crippen LogP contribution in [0.15, 0.2) is 12.1 Å². The average Bonchev–Trinajstić information content (AvgIpc) is 2.27. The van der Waals surface area contributed by atoms with Crippen LogP contribution in [-0.4, -0.2) is 24.6 Å².